The summed E-state index contributed by atoms with van der Waals surface area (Å²) in [6, 6.07) is 13.0. The summed E-state index contributed by atoms with van der Waals surface area (Å²) in [6.45, 7) is 5.79. The van der Waals surface area contributed by atoms with Crippen molar-refractivity contribution in [1.82, 2.24) is 4.98 Å². The summed E-state index contributed by atoms with van der Waals surface area (Å²) >= 11 is 0. The number of anilines is 1. The maximum atomic E-state index is 13.6. The van der Waals surface area contributed by atoms with Crippen LogP contribution in [0.15, 0.2) is 63.9 Å². The first-order valence-corrected chi connectivity index (χ1v) is 9.98. The summed E-state index contributed by atoms with van der Waals surface area (Å²) in [5.41, 5.74) is 4.02. The zero-order valence-electron chi connectivity index (χ0n) is 17.3. The molecule has 0 saturated carbocycles. The predicted octanol–water partition coefficient (Wildman–Crippen LogP) is 4.57. The molecule has 3 heterocycles. The highest BCUT2D eigenvalue weighted by Crippen LogP contribution is 2.41. The van der Waals surface area contributed by atoms with E-state index < -0.39 is 11.9 Å². The second-order valence-corrected chi connectivity index (χ2v) is 7.97. The fourth-order valence-electron chi connectivity index (χ4n) is 4.09. The van der Waals surface area contributed by atoms with E-state index in [1.807, 2.05) is 32.9 Å². The average Bonchev–Trinajstić information content (AvgIpc) is 3.03. The first-order valence-electron chi connectivity index (χ1n) is 9.98. The molecule has 0 fully saturated rings. The molecule has 0 saturated heterocycles. The zero-order chi connectivity index (χ0) is 21.9. The van der Waals surface area contributed by atoms with E-state index in [0.717, 1.165) is 16.7 Å². The van der Waals surface area contributed by atoms with Crippen molar-refractivity contribution in [1.29, 1.82) is 0 Å². The predicted molar refractivity (Wildman–Crippen MR) is 118 cm³/mol. The zero-order valence-corrected chi connectivity index (χ0v) is 17.3. The topological polar surface area (TPSA) is 83.6 Å². The molecule has 1 amide bonds. The minimum atomic E-state index is -0.709. The molecule has 5 rings (SSSR count). The van der Waals surface area contributed by atoms with Crippen LogP contribution in [0.2, 0.25) is 0 Å². The molecule has 0 spiro atoms. The van der Waals surface area contributed by atoms with Crippen LogP contribution in [-0.2, 0) is 0 Å². The number of phenols is 1. The molecule has 154 valence electrons. The van der Waals surface area contributed by atoms with Gasteiger partial charge < -0.3 is 9.52 Å². The number of amides is 1. The first kappa shape index (κ1) is 19.1. The van der Waals surface area contributed by atoms with Gasteiger partial charge in [-0.2, -0.15) is 0 Å². The van der Waals surface area contributed by atoms with E-state index in [-0.39, 0.29) is 22.5 Å². The Morgan fingerprint density at radius 1 is 0.968 bits per heavy atom. The van der Waals surface area contributed by atoms with Crippen molar-refractivity contribution in [3.8, 4) is 5.75 Å². The van der Waals surface area contributed by atoms with Crippen molar-refractivity contribution in [3.63, 3.8) is 0 Å². The van der Waals surface area contributed by atoms with Crippen molar-refractivity contribution in [3.05, 3.63) is 98.5 Å². The van der Waals surface area contributed by atoms with Crippen molar-refractivity contribution >= 4 is 22.7 Å². The van der Waals surface area contributed by atoms with Gasteiger partial charge in [0.2, 0.25) is 5.76 Å². The van der Waals surface area contributed by atoms with Crippen LogP contribution in [-0.4, -0.2) is 16.0 Å². The second-order valence-electron chi connectivity index (χ2n) is 7.97. The lowest BCUT2D eigenvalue weighted by atomic mass is 9.97. The van der Waals surface area contributed by atoms with Gasteiger partial charge in [-0.15, -0.1) is 0 Å². The largest absolute Gasteiger partial charge is 0.508 e. The lowest BCUT2D eigenvalue weighted by Gasteiger charge is -2.24. The molecular formula is C25H20N2O4. The third kappa shape index (κ3) is 2.91. The standard InChI is InChI=1S/C25H20N2O4/c1-13-8-9-26-20(10-13)27-22(16-4-6-17(28)7-5-16)21-23(29)18-11-14(2)15(3)12-19(18)31-24(21)25(27)30/h4-12,22,28H,1-3H3/t22-/m0/s1. The van der Waals surface area contributed by atoms with E-state index in [1.165, 1.54) is 17.0 Å². The van der Waals surface area contributed by atoms with Gasteiger partial charge in [-0.3, -0.25) is 14.5 Å². The second kappa shape index (κ2) is 6.80. The smallest absolute Gasteiger partial charge is 0.296 e. The number of benzene rings is 2. The minimum absolute atomic E-state index is 0.0298. The summed E-state index contributed by atoms with van der Waals surface area (Å²) in [5.74, 6) is 0.154. The molecular weight excluding hydrogens is 392 g/mol. The number of fused-ring (bicyclic) bond motifs is 2. The Morgan fingerprint density at radius 3 is 2.39 bits per heavy atom. The van der Waals surface area contributed by atoms with E-state index in [2.05, 4.69) is 4.98 Å². The fourth-order valence-corrected chi connectivity index (χ4v) is 4.09. The number of phenolic OH excluding ortho intramolecular Hbond substituents is 1. The van der Waals surface area contributed by atoms with Crippen LogP contribution in [0.25, 0.3) is 11.0 Å². The molecule has 4 aromatic rings. The summed E-state index contributed by atoms with van der Waals surface area (Å²) in [7, 11) is 0. The summed E-state index contributed by atoms with van der Waals surface area (Å²) in [5, 5.41) is 10.2. The van der Waals surface area contributed by atoms with E-state index >= 15 is 0 Å². The maximum Gasteiger partial charge on any atom is 0.296 e. The van der Waals surface area contributed by atoms with Gasteiger partial charge in [0, 0.05) is 6.20 Å². The van der Waals surface area contributed by atoms with E-state index in [0.29, 0.717) is 22.4 Å². The summed E-state index contributed by atoms with van der Waals surface area (Å²) < 4.78 is 6.02. The van der Waals surface area contributed by atoms with Crippen LogP contribution in [0, 0.1) is 20.8 Å². The van der Waals surface area contributed by atoms with Crippen LogP contribution in [0.1, 0.15) is 44.4 Å². The molecule has 1 aliphatic heterocycles. The summed E-state index contributed by atoms with van der Waals surface area (Å²) in [6.07, 6.45) is 1.63. The minimum Gasteiger partial charge on any atom is -0.508 e. The van der Waals surface area contributed by atoms with Crippen molar-refractivity contribution in [2.45, 2.75) is 26.8 Å². The van der Waals surface area contributed by atoms with Crippen LogP contribution >= 0.6 is 0 Å². The van der Waals surface area contributed by atoms with Crippen LogP contribution in [0.3, 0.4) is 0 Å². The molecule has 0 unspecified atom stereocenters. The molecule has 1 N–H and O–H groups in total. The Bertz CT molecular complexity index is 1420. The normalized spacial score (nSPS) is 15.5. The van der Waals surface area contributed by atoms with E-state index in [9.17, 15) is 14.7 Å². The summed E-state index contributed by atoms with van der Waals surface area (Å²) in [4.78, 5) is 33.0. The van der Waals surface area contributed by atoms with Crippen molar-refractivity contribution in [2.75, 3.05) is 4.90 Å². The Labute approximate surface area is 178 Å². The number of carbonyl (C=O) groups excluding carboxylic acids is 1. The molecule has 1 atom stereocenters. The monoisotopic (exact) mass is 412 g/mol. The number of hydrogen-bond acceptors (Lipinski definition) is 5. The van der Waals surface area contributed by atoms with Gasteiger partial charge in [0.25, 0.3) is 5.91 Å². The maximum absolute atomic E-state index is 13.6. The highest BCUT2D eigenvalue weighted by Gasteiger charge is 2.44. The van der Waals surface area contributed by atoms with E-state index in [4.69, 9.17) is 4.42 Å². The number of nitrogens with zero attached hydrogens (tertiary/aromatic N) is 2. The van der Waals surface area contributed by atoms with Gasteiger partial charge in [-0.1, -0.05) is 12.1 Å². The molecule has 6 heteroatoms. The van der Waals surface area contributed by atoms with Gasteiger partial charge >= 0.3 is 0 Å². The van der Waals surface area contributed by atoms with E-state index in [1.54, 1.807) is 30.5 Å². The number of carbonyl (C=O) groups is 1. The Balaban J connectivity index is 1.83. The number of hydrogen-bond donors (Lipinski definition) is 1. The molecule has 1 aliphatic rings. The highest BCUT2D eigenvalue weighted by atomic mass is 16.3. The van der Waals surface area contributed by atoms with Crippen LogP contribution in [0.4, 0.5) is 5.82 Å². The third-order valence-electron chi connectivity index (χ3n) is 5.84. The number of aromatic nitrogens is 1. The third-order valence-corrected chi connectivity index (χ3v) is 5.84. The Kier molecular flexibility index (Phi) is 4.18. The fraction of sp³-hybridized carbons (Fsp3) is 0.160. The quantitative estimate of drug-likeness (QED) is 0.521. The Morgan fingerprint density at radius 2 is 1.68 bits per heavy atom. The van der Waals surface area contributed by atoms with Gasteiger partial charge in [-0.05, 0) is 79.4 Å². The van der Waals surface area contributed by atoms with Crippen molar-refractivity contribution in [2.24, 2.45) is 0 Å². The molecule has 0 radical (unpaired) electrons. The number of aromatic hydroxyl groups is 1. The lowest BCUT2D eigenvalue weighted by molar-refractivity contribution is 0.0970. The highest BCUT2D eigenvalue weighted by molar-refractivity contribution is 6.10. The molecule has 2 aromatic carbocycles. The molecule has 31 heavy (non-hydrogen) atoms. The number of aryl methyl sites for hydroxylation is 3. The molecule has 6 nitrogen and oxygen atoms in total. The van der Waals surface area contributed by atoms with Gasteiger partial charge in [0.05, 0.1) is 17.0 Å². The van der Waals surface area contributed by atoms with Crippen LogP contribution < -0.4 is 10.3 Å². The average molecular weight is 412 g/mol. The van der Waals surface area contributed by atoms with Crippen molar-refractivity contribution < 1.29 is 14.3 Å². The number of pyridine rings is 1. The number of rotatable bonds is 2. The SMILES string of the molecule is Cc1ccnc(N2C(=O)c3oc4cc(C)c(C)cc4c(=O)c3[C@@H]2c2ccc(O)cc2)c1. The van der Waals surface area contributed by atoms with Gasteiger partial charge in [0.15, 0.2) is 5.43 Å². The first-order chi connectivity index (χ1) is 14.8. The van der Waals surface area contributed by atoms with Crippen LogP contribution in [0.5, 0.6) is 5.75 Å². The molecule has 0 bridgehead atoms. The van der Waals surface area contributed by atoms with Gasteiger partial charge in [-0.25, -0.2) is 4.98 Å². The Hall–Kier alpha value is -3.93. The van der Waals surface area contributed by atoms with Gasteiger partial charge in [0.1, 0.15) is 17.2 Å². The molecule has 0 aliphatic carbocycles. The lowest BCUT2D eigenvalue weighted by Crippen LogP contribution is -2.30. The molecule has 2 aromatic heterocycles.